The Morgan fingerprint density at radius 2 is 2.04 bits per heavy atom. The molecule has 0 amide bonds. The minimum Gasteiger partial charge on any atom is -0.474 e. The normalized spacial score (nSPS) is 15.8. The van der Waals surface area contributed by atoms with Crippen molar-refractivity contribution < 1.29 is 9.84 Å². The molecule has 0 bridgehead atoms. The van der Waals surface area contributed by atoms with Gasteiger partial charge in [-0.05, 0) is 56.9 Å². The Labute approximate surface area is 187 Å². The quantitative estimate of drug-likeness (QED) is 0.242. The van der Waals surface area contributed by atoms with E-state index >= 15 is 0 Å². The molecule has 1 aliphatic carbocycles. The third kappa shape index (κ3) is 9.41. The topological polar surface area (TPSA) is 78.8 Å². The van der Waals surface area contributed by atoms with Gasteiger partial charge in [0.1, 0.15) is 6.10 Å². The lowest BCUT2D eigenvalue weighted by Crippen LogP contribution is -2.40. The maximum absolute atomic E-state index is 9.21. The van der Waals surface area contributed by atoms with E-state index in [0.717, 1.165) is 56.7 Å². The first-order valence-electron chi connectivity index (χ1n) is 10.5. The predicted octanol–water partition coefficient (Wildman–Crippen LogP) is 3.87. The Balaban J connectivity index is 0.00000392. The second kappa shape index (κ2) is 14.8. The molecule has 1 aliphatic rings. The number of guanidine groups is 1. The highest BCUT2D eigenvalue weighted by molar-refractivity contribution is 14.0. The molecule has 0 aliphatic heterocycles. The third-order valence-electron chi connectivity index (χ3n) is 4.94. The number of halogens is 1. The minimum atomic E-state index is 0. The van der Waals surface area contributed by atoms with Crippen LogP contribution < -0.4 is 15.4 Å². The van der Waals surface area contributed by atoms with Crippen LogP contribution in [0.25, 0.3) is 0 Å². The monoisotopic (exact) mass is 504 g/mol. The van der Waals surface area contributed by atoms with Crippen LogP contribution >= 0.6 is 24.0 Å². The maximum Gasteiger partial charge on any atom is 0.213 e. The lowest BCUT2D eigenvalue weighted by atomic mass is 10.0. The molecule has 1 aromatic heterocycles. The largest absolute Gasteiger partial charge is 0.474 e. The molecule has 1 unspecified atom stereocenters. The van der Waals surface area contributed by atoms with Crippen molar-refractivity contribution in [1.82, 2.24) is 15.6 Å². The van der Waals surface area contributed by atoms with Gasteiger partial charge in [0.15, 0.2) is 5.96 Å². The molecule has 0 radical (unpaired) electrons. The van der Waals surface area contributed by atoms with Gasteiger partial charge < -0.3 is 20.5 Å². The number of aliphatic imine (C=N–C) groups is 1. The van der Waals surface area contributed by atoms with Gasteiger partial charge in [-0.1, -0.05) is 19.4 Å². The molecule has 0 spiro atoms. The summed E-state index contributed by atoms with van der Waals surface area (Å²) in [4.78, 5) is 9.09. The van der Waals surface area contributed by atoms with Crippen LogP contribution in [0, 0.1) is 5.92 Å². The zero-order valence-electron chi connectivity index (χ0n) is 17.3. The summed E-state index contributed by atoms with van der Waals surface area (Å²) < 4.78 is 5.91. The van der Waals surface area contributed by atoms with Crippen molar-refractivity contribution >= 4 is 29.9 Å². The van der Waals surface area contributed by atoms with Crippen LogP contribution in [0.4, 0.5) is 0 Å². The Morgan fingerprint density at radius 3 is 2.64 bits per heavy atom. The van der Waals surface area contributed by atoms with Gasteiger partial charge >= 0.3 is 0 Å². The number of pyridine rings is 1. The number of aliphatic hydroxyl groups is 1. The first kappa shape index (κ1) is 24.9. The Morgan fingerprint density at radius 1 is 1.25 bits per heavy atom. The fraction of sp³-hybridized carbons (Fsp3) is 0.714. The van der Waals surface area contributed by atoms with Crippen molar-refractivity contribution in [2.75, 3.05) is 19.7 Å². The van der Waals surface area contributed by atoms with E-state index in [1.54, 1.807) is 0 Å². The van der Waals surface area contributed by atoms with Crippen molar-refractivity contribution in [2.45, 2.75) is 71.4 Å². The van der Waals surface area contributed by atoms with Crippen molar-refractivity contribution in [1.29, 1.82) is 0 Å². The van der Waals surface area contributed by atoms with E-state index in [4.69, 9.17) is 4.74 Å². The number of aromatic nitrogens is 1. The van der Waals surface area contributed by atoms with E-state index in [1.165, 1.54) is 12.8 Å². The lowest BCUT2D eigenvalue weighted by Gasteiger charge is -2.18. The molecule has 1 fully saturated rings. The molecule has 1 heterocycles. The van der Waals surface area contributed by atoms with Crippen LogP contribution in [0.2, 0.25) is 0 Å². The molecule has 0 aromatic carbocycles. The van der Waals surface area contributed by atoms with Crippen molar-refractivity contribution in [3.05, 3.63) is 23.9 Å². The first-order chi connectivity index (χ1) is 13.2. The summed E-state index contributed by atoms with van der Waals surface area (Å²) in [6.45, 7) is 6.69. The second-order valence-electron chi connectivity index (χ2n) is 7.27. The fourth-order valence-electron chi connectivity index (χ4n) is 3.44. The van der Waals surface area contributed by atoms with E-state index < -0.39 is 0 Å². The smallest absolute Gasteiger partial charge is 0.213 e. The number of aliphatic hydroxyl groups excluding tert-OH is 1. The van der Waals surface area contributed by atoms with Gasteiger partial charge in [-0.2, -0.15) is 0 Å². The molecular weight excluding hydrogens is 467 g/mol. The Kier molecular flexibility index (Phi) is 13.2. The summed E-state index contributed by atoms with van der Waals surface area (Å²) in [6, 6.07) is 3.98. The van der Waals surface area contributed by atoms with Crippen molar-refractivity contribution in [2.24, 2.45) is 10.9 Å². The fourth-order valence-corrected chi connectivity index (χ4v) is 3.44. The number of ether oxygens (including phenoxy) is 1. The Bertz CT molecular complexity index is 542. The van der Waals surface area contributed by atoms with Gasteiger partial charge in [0.25, 0.3) is 0 Å². The summed E-state index contributed by atoms with van der Waals surface area (Å²) >= 11 is 0. The second-order valence-corrected chi connectivity index (χ2v) is 7.27. The highest BCUT2D eigenvalue weighted by Gasteiger charge is 2.16. The van der Waals surface area contributed by atoms with Crippen LogP contribution in [-0.2, 0) is 6.54 Å². The lowest BCUT2D eigenvalue weighted by molar-refractivity contribution is 0.201. The third-order valence-corrected chi connectivity index (χ3v) is 4.94. The highest BCUT2D eigenvalue weighted by Crippen LogP contribution is 2.22. The van der Waals surface area contributed by atoms with Crippen LogP contribution in [0.5, 0.6) is 5.88 Å². The molecule has 1 saturated carbocycles. The Hall–Kier alpha value is -1.09. The van der Waals surface area contributed by atoms with Gasteiger partial charge in [-0.3, -0.25) is 0 Å². The van der Waals surface area contributed by atoms with E-state index in [9.17, 15) is 5.11 Å². The molecule has 0 saturated heterocycles. The van der Waals surface area contributed by atoms with E-state index in [1.807, 2.05) is 18.3 Å². The molecule has 3 N–H and O–H groups in total. The van der Waals surface area contributed by atoms with E-state index in [-0.39, 0.29) is 30.6 Å². The SMILES string of the molecule is CCCC(CCO)CNC(=NCc1ccc(OC2CCCC2)nc1)NCC.I. The molecule has 28 heavy (non-hydrogen) atoms. The summed E-state index contributed by atoms with van der Waals surface area (Å²) in [5.74, 6) is 1.99. The van der Waals surface area contributed by atoms with Gasteiger partial charge in [0, 0.05) is 32.0 Å². The molecular formula is C21H37IN4O2. The molecule has 2 rings (SSSR count). The van der Waals surface area contributed by atoms with Crippen molar-refractivity contribution in [3.8, 4) is 5.88 Å². The predicted molar refractivity (Wildman–Crippen MR) is 125 cm³/mol. The zero-order valence-corrected chi connectivity index (χ0v) is 19.7. The summed E-state index contributed by atoms with van der Waals surface area (Å²) in [7, 11) is 0. The number of nitrogens with one attached hydrogen (secondary N) is 2. The van der Waals surface area contributed by atoms with Crippen molar-refractivity contribution in [3.63, 3.8) is 0 Å². The summed E-state index contributed by atoms with van der Waals surface area (Å²) in [6.07, 6.45) is 10.0. The highest BCUT2D eigenvalue weighted by atomic mass is 127. The summed E-state index contributed by atoms with van der Waals surface area (Å²) in [5.41, 5.74) is 1.06. The van der Waals surface area contributed by atoms with Crippen LogP contribution in [-0.4, -0.2) is 41.9 Å². The summed E-state index contributed by atoms with van der Waals surface area (Å²) in [5, 5.41) is 15.9. The van der Waals surface area contributed by atoms with Crippen LogP contribution in [0.15, 0.2) is 23.3 Å². The number of hydrogen-bond acceptors (Lipinski definition) is 4. The molecule has 1 aromatic rings. The zero-order chi connectivity index (χ0) is 19.3. The van der Waals surface area contributed by atoms with Gasteiger partial charge in [0.05, 0.1) is 6.54 Å². The average molecular weight is 504 g/mol. The average Bonchev–Trinajstić information content (AvgIpc) is 3.18. The first-order valence-corrected chi connectivity index (χ1v) is 10.5. The van der Waals surface area contributed by atoms with Gasteiger partial charge in [-0.25, -0.2) is 9.98 Å². The standard InChI is InChI=1S/C21H36N4O2.HI/c1-3-7-17(12-13-26)14-24-21(22-4-2)25-16-18-10-11-20(23-15-18)27-19-8-5-6-9-19;/h10-11,15,17,19,26H,3-9,12-14,16H2,1-2H3,(H2,22,24,25);1H. The number of hydrogen-bond donors (Lipinski definition) is 3. The van der Waals surface area contributed by atoms with Gasteiger partial charge in [-0.15, -0.1) is 24.0 Å². The number of rotatable bonds is 11. The molecule has 7 heteroatoms. The van der Waals surface area contributed by atoms with Crippen LogP contribution in [0.1, 0.15) is 64.4 Å². The molecule has 160 valence electrons. The van der Waals surface area contributed by atoms with Crippen LogP contribution in [0.3, 0.4) is 0 Å². The maximum atomic E-state index is 9.21. The van der Waals surface area contributed by atoms with E-state index in [2.05, 4.69) is 34.5 Å². The molecule has 1 atom stereocenters. The van der Waals surface area contributed by atoms with E-state index in [0.29, 0.717) is 24.4 Å². The minimum absolute atomic E-state index is 0. The molecule has 6 nitrogen and oxygen atoms in total. The number of nitrogens with zero attached hydrogens (tertiary/aromatic N) is 2. The van der Waals surface area contributed by atoms with Gasteiger partial charge in [0.2, 0.25) is 5.88 Å².